The third kappa shape index (κ3) is 3.08. The molecule has 4 N–H and O–H groups in total. The highest BCUT2D eigenvalue weighted by atomic mass is 16.2. The van der Waals surface area contributed by atoms with Crippen LogP contribution < -0.4 is 21.3 Å². The van der Waals surface area contributed by atoms with E-state index in [4.69, 9.17) is 5.73 Å². The molecule has 1 heterocycles. The zero-order valence-electron chi connectivity index (χ0n) is 11.7. The predicted molar refractivity (Wildman–Crippen MR) is 78.6 cm³/mol. The molecule has 1 atom stereocenters. The molecule has 1 aliphatic heterocycles. The Bertz CT molecular complexity index is 498. The topological polar surface area (TPSA) is 87.5 Å². The summed E-state index contributed by atoms with van der Waals surface area (Å²) in [6.45, 7) is 5.11. The molecule has 0 radical (unpaired) electrons. The van der Waals surface area contributed by atoms with E-state index in [9.17, 15) is 9.59 Å². The Hall–Kier alpha value is -2.08. The standard InChI is InChI=1S/C14H20N4O2/c1-9(2)12(15)13(19)17-10-3-5-11(6-4-10)18-8-7-16-14(18)20/h3-6,9,12H,7-8,15H2,1-2H3,(H,16,20)(H,17,19)/t12-/m0/s1. The maximum Gasteiger partial charge on any atom is 0.321 e. The van der Waals surface area contributed by atoms with Gasteiger partial charge in [0.25, 0.3) is 0 Å². The van der Waals surface area contributed by atoms with Gasteiger partial charge in [-0.25, -0.2) is 4.79 Å². The number of anilines is 2. The number of hydrogen-bond donors (Lipinski definition) is 3. The van der Waals surface area contributed by atoms with Gasteiger partial charge in [0.15, 0.2) is 0 Å². The summed E-state index contributed by atoms with van der Waals surface area (Å²) in [7, 11) is 0. The third-order valence-electron chi connectivity index (χ3n) is 3.32. The molecule has 20 heavy (non-hydrogen) atoms. The molecule has 6 heteroatoms. The number of hydrogen-bond acceptors (Lipinski definition) is 3. The van der Waals surface area contributed by atoms with E-state index in [-0.39, 0.29) is 17.9 Å². The number of nitrogens with zero attached hydrogens (tertiary/aromatic N) is 1. The minimum absolute atomic E-state index is 0.0857. The molecule has 0 spiro atoms. The highest BCUT2D eigenvalue weighted by molar-refractivity contribution is 5.96. The maximum atomic E-state index is 11.8. The number of rotatable bonds is 4. The first kappa shape index (κ1) is 14.3. The van der Waals surface area contributed by atoms with Gasteiger partial charge in [0.05, 0.1) is 6.04 Å². The van der Waals surface area contributed by atoms with E-state index in [0.717, 1.165) is 5.69 Å². The number of carbonyl (C=O) groups excluding carboxylic acids is 2. The minimum Gasteiger partial charge on any atom is -0.336 e. The average molecular weight is 276 g/mol. The first-order chi connectivity index (χ1) is 9.49. The van der Waals surface area contributed by atoms with Gasteiger partial charge in [-0.1, -0.05) is 13.8 Å². The van der Waals surface area contributed by atoms with Crippen LogP contribution >= 0.6 is 0 Å². The van der Waals surface area contributed by atoms with Crippen molar-refractivity contribution in [2.24, 2.45) is 11.7 Å². The molecule has 1 aliphatic rings. The van der Waals surface area contributed by atoms with Gasteiger partial charge < -0.3 is 16.4 Å². The van der Waals surface area contributed by atoms with Crippen molar-refractivity contribution in [1.82, 2.24) is 5.32 Å². The Kier molecular flexibility index (Phi) is 4.24. The number of benzene rings is 1. The summed E-state index contributed by atoms with van der Waals surface area (Å²) < 4.78 is 0. The van der Waals surface area contributed by atoms with E-state index in [1.165, 1.54) is 0 Å². The van der Waals surface area contributed by atoms with Crippen LogP contribution in [0.15, 0.2) is 24.3 Å². The van der Waals surface area contributed by atoms with Crippen LogP contribution in [-0.4, -0.2) is 31.1 Å². The molecule has 1 aromatic carbocycles. The predicted octanol–water partition coefficient (Wildman–Crippen LogP) is 1.14. The fourth-order valence-corrected chi connectivity index (χ4v) is 1.97. The molecule has 6 nitrogen and oxygen atoms in total. The van der Waals surface area contributed by atoms with Crippen molar-refractivity contribution in [3.8, 4) is 0 Å². The monoisotopic (exact) mass is 276 g/mol. The van der Waals surface area contributed by atoms with E-state index in [1.54, 1.807) is 29.2 Å². The minimum atomic E-state index is -0.529. The molecule has 1 saturated heterocycles. The van der Waals surface area contributed by atoms with E-state index in [2.05, 4.69) is 10.6 Å². The van der Waals surface area contributed by atoms with Crippen molar-refractivity contribution in [3.63, 3.8) is 0 Å². The molecule has 1 fully saturated rings. The SMILES string of the molecule is CC(C)[C@H](N)C(=O)Nc1ccc(N2CCNC2=O)cc1. The highest BCUT2D eigenvalue weighted by Gasteiger charge is 2.21. The summed E-state index contributed by atoms with van der Waals surface area (Å²) >= 11 is 0. The van der Waals surface area contributed by atoms with Crippen LogP contribution in [0.4, 0.5) is 16.2 Å². The van der Waals surface area contributed by atoms with Gasteiger partial charge in [0, 0.05) is 24.5 Å². The van der Waals surface area contributed by atoms with Crippen LogP contribution in [-0.2, 0) is 4.79 Å². The smallest absolute Gasteiger partial charge is 0.321 e. The number of amides is 3. The number of carbonyl (C=O) groups is 2. The van der Waals surface area contributed by atoms with Crippen molar-refractivity contribution < 1.29 is 9.59 Å². The van der Waals surface area contributed by atoms with Crippen LogP contribution in [0.3, 0.4) is 0 Å². The molecule has 0 bridgehead atoms. The molecule has 108 valence electrons. The fourth-order valence-electron chi connectivity index (χ4n) is 1.97. The first-order valence-electron chi connectivity index (χ1n) is 6.71. The molecule has 0 saturated carbocycles. The number of nitrogens with two attached hydrogens (primary N) is 1. The van der Waals surface area contributed by atoms with Crippen molar-refractivity contribution in [1.29, 1.82) is 0 Å². The second kappa shape index (κ2) is 5.92. The Morgan fingerprint density at radius 2 is 2.00 bits per heavy atom. The first-order valence-corrected chi connectivity index (χ1v) is 6.71. The molecule has 0 aromatic heterocycles. The van der Waals surface area contributed by atoms with Gasteiger partial charge in [0.1, 0.15) is 0 Å². The number of urea groups is 1. The third-order valence-corrected chi connectivity index (χ3v) is 3.32. The van der Waals surface area contributed by atoms with Crippen LogP contribution in [0.5, 0.6) is 0 Å². The normalized spacial score (nSPS) is 16.2. The Balaban J connectivity index is 2.01. The second-order valence-corrected chi connectivity index (χ2v) is 5.19. The van der Waals surface area contributed by atoms with Gasteiger partial charge >= 0.3 is 6.03 Å². The average Bonchev–Trinajstić information content (AvgIpc) is 2.85. The van der Waals surface area contributed by atoms with E-state index in [0.29, 0.717) is 18.8 Å². The summed E-state index contributed by atoms with van der Waals surface area (Å²) in [4.78, 5) is 25.0. The van der Waals surface area contributed by atoms with Gasteiger partial charge in [-0.05, 0) is 30.2 Å². The Labute approximate surface area is 118 Å². The van der Waals surface area contributed by atoms with Gasteiger partial charge in [-0.15, -0.1) is 0 Å². The fraction of sp³-hybridized carbons (Fsp3) is 0.429. The molecule has 2 rings (SSSR count). The lowest BCUT2D eigenvalue weighted by Crippen LogP contribution is -2.39. The van der Waals surface area contributed by atoms with Crippen LogP contribution in [0.2, 0.25) is 0 Å². The molecule has 3 amide bonds. The summed E-state index contributed by atoms with van der Waals surface area (Å²) in [5, 5.41) is 5.51. The molecule has 1 aromatic rings. The van der Waals surface area contributed by atoms with Gasteiger partial charge in [-0.2, -0.15) is 0 Å². The summed E-state index contributed by atoms with van der Waals surface area (Å²) in [6, 6.07) is 6.53. The molecular weight excluding hydrogens is 256 g/mol. The summed E-state index contributed by atoms with van der Waals surface area (Å²) in [5.74, 6) is -0.116. The lowest BCUT2D eigenvalue weighted by atomic mass is 10.0. The summed E-state index contributed by atoms with van der Waals surface area (Å²) in [5.41, 5.74) is 7.27. The van der Waals surface area contributed by atoms with E-state index in [1.807, 2.05) is 13.8 Å². The summed E-state index contributed by atoms with van der Waals surface area (Å²) in [6.07, 6.45) is 0. The molecular formula is C14H20N4O2. The number of nitrogens with one attached hydrogen (secondary N) is 2. The van der Waals surface area contributed by atoms with Gasteiger partial charge in [0.2, 0.25) is 5.91 Å². The zero-order chi connectivity index (χ0) is 14.7. The van der Waals surface area contributed by atoms with Crippen molar-refractivity contribution in [3.05, 3.63) is 24.3 Å². The van der Waals surface area contributed by atoms with Crippen molar-refractivity contribution in [2.75, 3.05) is 23.3 Å². The van der Waals surface area contributed by atoms with Gasteiger partial charge in [-0.3, -0.25) is 9.69 Å². The van der Waals surface area contributed by atoms with Crippen molar-refractivity contribution >= 4 is 23.3 Å². The second-order valence-electron chi connectivity index (χ2n) is 5.19. The van der Waals surface area contributed by atoms with Crippen LogP contribution in [0.25, 0.3) is 0 Å². The van der Waals surface area contributed by atoms with Crippen molar-refractivity contribution in [2.45, 2.75) is 19.9 Å². The largest absolute Gasteiger partial charge is 0.336 e. The molecule has 0 unspecified atom stereocenters. The molecule has 0 aliphatic carbocycles. The van der Waals surface area contributed by atoms with E-state index >= 15 is 0 Å². The lowest BCUT2D eigenvalue weighted by molar-refractivity contribution is -0.118. The zero-order valence-corrected chi connectivity index (χ0v) is 11.7. The lowest BCUT2D eigenvalue weighted by Gasteiger charge is -2.17. The maximum absolute atomic E-state index is 11.8. The quantitative estimate of drug-likeness (QED) is 0.770. The van der Waals surface area contributed by atoms with Crippen LogP contribution in [0.1, 0.15) is 13.8 Å². The van der Waals surface area contributed by atoms with Crippen LogP contribution in [0, 0.1) is 5.92 Å². The highest BCUT2D eigenvalue weighted by Crippen LogP contribution is 2.19. The Morgan fingerprint density at radius 1 is 1.35 bits per heavy atom. The van der Waals surface area contributed by atoms with E-state index < -0.39 is 6.04 Å². The Morgan fingerprint density at radius 3 is 2.50 bits per heavy atom.